The predicted molar refractivity (Wildman–Crippen MR) is 138 cm³/mol. The largest absolute Gasteiger partial charge is 0.369 e. The molecule has 1 aromatic heterocycles. The van der Waals surface area contributed by atoms with Crippen LogP contribution < -0.4 is 11.1 Å². The minimum absolute atomic E-state index is 0.0784. The lowest BCUT2D eigenvalue weighted by Crippen LogP contribution is -2.42. The monoisotopic (exact) mass is 527 g/mol. The van der Waals surface area contributed by atoms with Crippen molar-refractivity contribution in [1.82, 2.24) is 15.2 Å². The van der Waals surface area contributed by atoms with Crippen LogP contribution in [0.5, 0.6) is 0 Å². The highest BCUT2D eigenvalue weighted by Crippen LogP contribution is 2.38. The second-order valence-electron chi connectivity index (χ2n) is 8.77. The molecule has 0 bridgehead atoms. The molecule has 0 fully saturated rings. The van der Waals surface area contributed by atoms with E-state index >= 15 is 0 Å². The average molecular weight is 528 g/mol. The van der Waals surface area contributed by atoms with Gasteiger partial charge in [-0.3, -0.25) is 19.5 Å². The van der Waals surface area contributed by atoms with Crippen LogP contribution in [0.2, 0.25) is 0 Å². The number of amides is 2. The van der Waals surface area contributed by atoms with Gasteiger partial charge < -0.3 is 11.1 Å². The molecule has 1 aliphatic rings. The van der Waals surface area contributed by atoms with Crippen LogP contribution in [0.3, 0.4) is 0 Å². The first-order valence-corrected chi connectivity index (χ1v) is 12.8. The number of carbonyl (C=O) groups excluding carboxylic acids is 2. The van der Waals surface area contributed by atoms with Crippen LogP contribution in [0.4, 0.5) is 0 Å². The number of nitrogens with zero attached hydrogens (tertiary/aromatic N) is 3. The van der Waals surface area contributed by atoms with Crippen molar-refractivity contribution in [1.29, 1.82) is 0 Å². The summed E-state index contributed by atoms with van der Waals surface area (Å²) in [7, 11) is 0. The zero-order valence-electron chi connectivity index (χ0n) is 20.0. The molecule has 7 nitrogen and oxygen atoms in total. The van der Waals surface area contributed by atoms with E-state index in [2.05, 4.69) is 45.1 Å². The summed E-state index contributed by atoms with van der Waals surface area (Å²) in [6, 6.07) is 9.76. The standard InChI is InChI=1S/C26H34BrN5O2/c1-3-5-7-8-23(33)30-15-19-9-11-20(12-10-19)18-32-24(34)26(13-6-4-2,31-25(32)28)21-14-22(27)17-29-16-21/h9-12,14,16-17H,3-8,13,15,18H2,1-2H3,(H2,28,31)(H,30,33). The van der Waals surface area contributed by atoms with Gasteiger partial charge >= 0.3 is 0 Å². The van der Waals surface area contributed by atoms with Gasteiger partial charge in [0, 0.05) is 35.4 Å². The molecule has 182 valence electrons. The van der Waals surface area contributed by atoms with Crippen LogP contribution in [0.15, 0.2) is 52.2 Å². The number of nitrogens with one attached hydrogen (secondary N) is 1. The molecule has 8 heteroatoms. The zero-order valence-corrected chi connectivity index (χ0v) is 21.6. The fourth-order valence-electron chi connectivity index (χ4n) is 4.12. The molecule has 0 saturated heterocycles. The number of aliphatic imine (C=N–C) groups is 1. The third-order valence-electron chi connectivity index (χ3n) is 6.12. The van der Waals surface area contributed by atoms with E-state index in [-0.39, 0.29) is 17.8 Å². The summed E-state index contributed by atoms with van der Waals surface area (Å²) in [5.74, 6) is 0.181. The summed E-state index contributed by atoms with van der Waals surface area (Å²) in [5, 5.41) is 2.97. The maximum atomic E-state index is 13.7. The fraction of sp³-hybridized carbons (Fsp3) is 0.462. The molecule has 2 amide bonds. The van der Waals surface area contributed by atoms with Gasteiger partial charge in [0.1, 0.15) is 0 Å². The van der Waals surface area contributed by atoms with Crippen molar-refractivity contribution < 1.29 is 9.59 Å². The molecule has 34 heavy (non-hydrogen) atoms. The van der Waals surface area contributed by atoms with Crippen molar-refractivity contribution in [3.05, 3.63) is 63.9 Å². The van der Waals surface area contributed by atoms with Crippen LogP contribution in [0.1, 0.15) is 75.5 Å². The number of benzene rings is 1. The number of rotatable bonds is 12. The normalized spacial score (nSPS) is 17.7. The van der Waals surface area contributed by atoms with Crippen LogP contribution in [0, 0.1) is 0 Å². The van der Waals surface area contributed by atoms with E-state index in [0.717, 1.165) is 53.3 Å². The molecule has 1 aromatic carbocycles. The van der Waals surface area contributed by atoms with E-state index in [1.807, 2.05) is 30.3 Å². The molecular weight excluding hydrogens is 494 g/mol. The number of unbranched alkanes of at least 4 members (excludes halogenated alkanes) is 3. The van der Waals surface area contributed by atoms with Gasteiger partial charge in [-0.15, -0.1) is 0 Å². The molecular formula is C26H34BrN5O2. The third-order valence-corrected chi connectivity index (χ3v) is 6.55. The van der Waals surface area contributed by atoms with Crippen molar-refractivity contribution in [2.45, 2.75) is 77.4 Å². The fourth-order valence-corrected chi connectivity index (χ4v) is 4.48. The Hall–Kier alpha value is -2.74. The van der Waals surface area contributed by atoms with Gasteiger partial charge in [-0.05, 0) is 46.0 Å². The smallest absolute Gasteiger partial charge is 0.262 e. The summed E-state index contributed by atoms with van der Waals surface area (Å²) >= 11 is 3.46. The second-order valence-corrected chi connectivity index (χ2v) is 9.68. The molecule has 2 heterocycles. The molecule has 1 unspecified atom stereocenters. The molecule has 0 radical (unpaired) electrons. The lowest BCUT2D eigenvalue weighted by molar-refractivity contribution is -0.132. The van der Waals surface area contributed by atoms with Gasteiger partial charge in [0.2, 0.25) is 5.91 Å². The highest BCUT2D eigenvalue weighted by molar-refractivity contribution is 9.10. The Morgan fingerprint density at radius 2 is 1.79 bits per heavy atom. The summed E-state index contributed by atoms with van der Waals surface area (Å²) < 4.78 is 0.800. The SMILES string of the molecule is CCCCCC(=O)NCc1ccc(CN2C(=O)C(CCCC)(c3cncc(Br)c3)N=C2N)cc1. The molecule has 3 rings (SSSR count). The molecule has 0 spiro atoms. The lowest BCUT2D eigenvalue weighted by Gasteiger charge is -2.26. The number of carbonyl (C=O) groups is 2. The Morgan fingerprint density at radius 1 is 1.09 bits per heavy atom. The molecule has 2 aromatic rings. The first-order chi connectivity index (χ1) is 16.4. The number of aromatic nitrogens is 1. The van der Waals surface area contributed by atoms with E-state index in [9.17, 15) is 9.59 Å². The Morgan fingerprint density at radius 3 is 2.47 bits per heavy atom. The lowest BCUT2D eigenvalue weighted by atomic mass is 9.86. The summed E-state index contributed by atoms with van der Waals surface area (Å²) in [6.07, 6.45) is 9.42. The average Bonchev–Trinajstić information content (AvgIpc) is 3.07. The quantitative estimate of drug-likeness (QED) is 0.387. The maximum Gasteiger partial charge on any atom is 0.262 e. The Labute approximate surface area is 210 Å². The Balaban J connectivity index is 1.68. The minimum Gasteiger partial charge on any atom is -0.369 e. The first-order valence-electron chi connectivity index (χ1n) is 12.0. The topological polar surface area (TPSA) is 101 Å². The van der Waals surface area contributed by atoms with E-state index in [0.29, 0.717) is 25.9 Å². The van der Waals surface area contributed by atoms with E-state index in [1.165, 1.54) is 0 Å². The van der Waals surface area contributed by atoms with Crippen LogP contribution >= 0.6 is 15.9 Å². The summed E-state index contributed by atoms with van der Waals surface area (Å²) in [6.45, 7) is 5.05. The minimum atomic E-state index is -1.04. The highest BCUT2D eigenvalue weighted by Gasteiger charge is 2.48. The van der Waals surface area contributed by atoms with Gasteiger partial charge in [-0.1, -0.05) is 63.8 Å². The third kappa shape index (κ3) is 6.23. The number of hydrogen-bond donors (Lipinski definition) is 2. The molecule has 1 aliphatic heterocycles. The van der Waals surface area contributed by atoms with Gasteiger partial charge in [-0.2, -0.15) is 0 Å². The molecule has 0 aliphatic carbocycles. The van der Waals surface area contributed by atoms with Crippen LogP contribution in [0.25, 0.3) is 0 Å². The maximum absolute atomic E-state index is 13.7. The Bertz CT molecular complexity index is 1020. The highest BCUT2D eigenvalue weighted by atomic mass is 79.9. The molecule has 3 N–H and O–H groups in total. The van der Waals surface area contributed by atoms with Crippen molar-refractivity contribution >= 4 is 33.7 Å². The number of nitrogens with two attached hydrogens (primary N) is 1. The van der Waals surface area contributed by atoms with Gasteiger partial charge in [0.25, 0.3) is 5.91 Å². The van der Waals surface area contributed by atoms with Crippen LogP contribution in [-0.4, -0.2) is 27.7 Å². The number of guanidine groups is 1. The van der Waals surface area contributed by atoms with Gasteiger partial charge in [-0.25, -0.2) is 4.99 Å². The van der Waals surface area contributed by atoms with Crippen molar-refractivity contribution in [2.75, 3.05) is 0 Å². The van der Waals surface area contributed by atoms with Crippen molar-refractivity contribution in [2.24, 2.45) is 10.7 Å². The first kappa shape index (κ1) is 25.9. The predicted octanol–water partition coefficient (Wildman–Crippen LogP) is 4.78. The second kappa shape index (κ2) is 12.1. The number of halogens is 1. The molecule has 0 saturated carbocycles. The zero-order chi connectivity index (χ0) is 24.6. The van der Waals surface area contributed by atoms with Gasteiger partial charge in [0.05, 0.1) is 6.54 Å². The number of pyridine rings is 1. The van der Waals surface area contributed by atoms with E-state index < -0.39 is 5.54 Å². The Kier molecular flexibility index (Phi) is 9.21. The van der Waals surface area contributed by atoms with Gasteiger partial charge in [0.15, 0.2) is 11.5 Å². The van der Waals surface area contributed by atoms with Crippen molar-refractivity contribution in [3.63, 3.8) is 0 Å². The van der Waals surface area contributed by atoms with Crippen molar-refractivity contribution in [3.8, 4) is 0 Å². The summed E-state index contributed by atoms with van der Waals surface area (Å²) in [4.78, 5) is 36.1. The van der Waals surface area contributed by atoms with Crippen LogP contribution in [-0.2, 0) is 28.2 Å². The summed E-state index contributed by atoms with van der Waals surface area (Å²) in [5.41, 5.74) is 7.94. The van der Waals surface area contributed by atoms with E-state index in [4.69, 9.17) is 5.73 Å². The van der Waals surface area contributed by atoms with E-state index in [1.54, 1.807) is 17.3 Å². The molecule has 1 atom stereocenters. The number of hydrogen-bond acceptors (Lipinski definition) is 5.